The number of hydrogen-bond acceptors (Lipinski definition) is 5. The Morgan fingerprint density at radius 3 is 2.20 bits per heavy atom. The summed E-state index contributed by atoms with van der Waals surface area (Å²) in [5.74, 6) is -0.455. The quantitative estimate of drug-likeness (QED) is 0.263. The maximum atomic E-state index is 13.8. The van der Waals surface area contributed by atoms with Crippen LogP contribution in [0.15, 0.2) is 83.8 Å². The molecular formula is C30H36ClN3O5S. The van der Waals surface area contributed by atoms with Crippen molar-refractivity contribution >= 4 is 33.4 Å². The molecule has 3 aromatic carbocycles. The Morgan fingerprint density at radius 2 is 1.57 bits per heavy atom. The van der Waals surface area contributed by atoms with Gasteiger partial charge in [-0.05, 0) is 47.4 Å². The molecule has 3 aromatic rings. The van der Waals surface area contributed by atoms with Gasteiger partial charge >= 0.3 is 0 Å². The molecule has 2 amide bonds. The van der Waals surface area contributed by atoms with Crippen molar-refractivity contribution in [3.8, 4) is 0 Å². The van der Waals surface area contributed by atoms with E-state index in [0.717, 1.165) is 16.7 Å². The minimum absolute atomic E-state index is 0.142. The van der Waals surface area contributed by atoms with Crippen LogP contribution in [0, 0.1) is 0 Å². The topological polar surface area (TPSA) is 105 Å². The van der Waals surface area contributed by atoms with E-state index in [2.05, 4.69) is 10.0 Å². The lowest BCUT2D eigenvalue weighted by Gasteiger charge is -2.31. The maximum absolute atomic E-state index is 13.8. The number of amides is 2. The Balaban J connectivity index is 1.85. The molecule has 8 nitrogen and oxygen atoms in total. The van der Waals surface area contributed by atoms with E-state index in [4.69, 9.17) is 16.3 Å². The summed E-state index contributed by atoms with van der Waals surface area (Å²) < 4.78 is 32.1. The molecule has 0 aliphatic carbocycles. The average molecular weight is 586 g/mol. The second-order valence-electron chi connectivity index (χ2n) is 9.28. The highest BCUT2D eigenvalue weighted by molar-refractivity contribution is 7.89. The first-order valence-corrected chi connectivity index (χ1v) is 15.0. The molecule has 214 valence electrons. The van der Waals surface area contributed by atoms with E-state index in [1.807, 2.05) is 42.5 Å². The Labute approximate surface area is 241 Å². The molecule has 1 atom stereocenters. The number of halogens is 1. The van der Waals surface area contributed by atoms with Crippen LogP contribution in [0.2, 0.25) is 5.02 Å². The van der Waals surface area contributed by atoms with Crippen LogP contribution in [0.25, 0.3) is 0 Å². The molecule has 0 radical (unpaired) electrons. The molecule has 0 saturated carbocycles. The zero-order valence-electron chi connectivity index (χ0n) is 22.8. The van der Waals surface area contributed by atoms with Crippen molar-refractivity contribution in [2.24, 2.45) is 0 Å². The third-order valence-electron chi connectivity index (χ3n) is 6.34. The van der Waals surface area contributed by atoms with Gasteiger partial charge in [0.15, 0.2) is 0 Å². The lowest BCUT2D eigenvalue weighted by molar-refractivity contribution is -0.141. The third-order valence-corrected chi connectivity index (χ3v) is 8.15. The Morgan fingerprint density at radius 1 is 0.925 bits per heavy atom. The van der Waals surface area contributed by atoms with Gasteiger partial charge in [-0.1, -0.05) is 73.1 Å². The van der Waals surface area contributed by atoms with E-state index in [1.165, 1.54) is 12.1 Å². The number of sulfonamides is 1. The van der Waals surface area contributed by atoms with Gasteiger partial charge in [-0.3, -0.25) is 9.59 Å². The van der Waals surface area contributed by atoms with Gasteiger partial charge in [-0.25, -0.2) is 13.1 Å². The molecule has 2 N–H and O–H groups in total. The monoisotopic (exact) mass is 585 g/mol. The van der Waals surface area contributed by atoms with E-state index < -0.39 is 16.1 Å². The van der Waals surface area contributed by atoms with Crippen LogP contribution >= 0.6 is 11.6 Å². The summed E-state index contributed by atoms with van der Waals surface area (Å²) in [5, 5.41) is 3.48. The van der Waals surface area contributed by atoms with Crippen LogP contribution in [0.5, 0.6) is 0 Å². The van der Waals surface area contributed by atoms with E-state index in [9.17, 15) is 18.0 Å². The smallest absolute Gasteiger partial charge is 0.243 e. The molecule has 3 rings (SSSR count). The molecule has 0 bridgehead atoms. The fourth-order valence-corrected chi connectivity index (χ4v) is 5.41. The minimum Gasteiger partial charge on any atom is -0.383 e. The molecular weight excluding hydrogens is 550 g/mol. The zero-order chi connectivity index (χ0) is 29.0. The van der Waals surface area contributed by atoms with Crippen molar-refractivity contribution in [1.82, 2.24) is 14.9 Å². The number of aryl methyl sites for hydroxylation is 1. The molecule has 0 heterocycles. The van der Waals surface area contributed by atoms with E-state index in [0.29, 0.717) is 37.6 Å². The van der Waals surface area contributed by atoms with Gasteiger partial charge in [0.1, 0.15) is 6.04 Å². The fraction of sp³-hybridized carbons (Fsp3) is 0.333. The van der Waals surface area contributed by atoms with Crippen molar-refractivity contribution in [1.29, 1.82) is 0 Å². The number of benzene rings is 3. The third kappa shape index (κ3) is 9.45. The summed E-state index contributed by atoms with van der Waals surface area (Å²) in [4.78, 5) is 29.0. The zero-order valence-corrected chi connectivity index (χ0v) is 24.4. The van der Waals surface area contributed by atoms with Crippen LogP contribution in [-0.4, -0.2) is 58.0 Å². The van der Waals surface area contributed by atoms with Crippen molar-refractivity contribution in [2.75, 3.05) is 26.8 Å². The molecule has 0 aromatic heterocycles. The van der Waals surface area contributed by atoms with Crippen molar-refractivity contribution < 1.29 is 22.7 Å². The van der Waals surface area contributed by atoms with Gasteiger partial charge < -0.3 is 15.0 Å². The highest BCUT2D eigenvalue weighted by atomic mass is 35.5. The van der Waals surface area contributed by atoms with Crippen LogP contribution in [0.3, 0.4) is 0 Å². The normalized spacial score (nSPS) is 12.1. The SMILES string of the molecule is CCNS(=O)(=O)c1ccc(CCC(=O)N(Cc2ccc(Cl)cc2)C(Cc2ccccc2)C(=O)NCCOC)cc1. The number of nitrogens with zero attached hydrogens (tertiary/aromatic N) is 1. The number of hydrogen-bond donors (Lipinski definition) is 2. The Kier molecular flexibility index (Phi) is 12.1. The van der Waals surface area contributed by atoms with Crippen LogP contribution in [-0.2, 0) is 43.7 Å². The number of nitrogens with one attached hydrogen (secondary N) is 2. The number of ether oxygens (including phenoxy) is 1. The number of methoxy groups -OCH3 is 1. The molecule has 10 heteroatoms. The summed E-state index contributed by atoms with van der Waals surface area (Å²) in [5.41, 5.74) is 2.60. The number of carbonyl (C=O) groups is 2. The van der Waals surface area contributed by atoms with Gasteiger partial charge in [-0.15, -0.1) is 0 Å². The first-order valence-electron chi connectivity index (χ1n) is 13.2. The van der Waals surface area contributed by atoms with E-state index in [-0.39, 0.29) is 29.7 Å². The molecule has 0 aliphatic heterocycles. The minimum atomic E-state index is -3.56. The number of carbonyl (C=O) groups excluding carboxylic acids is 2. The maximum Gasteiger partial charge on any atom is 0.243 e. The van der Waals surface area contributed by atoms with Gasteiger partial charge in [-0.2, -0.15) is 0 Å². The Bertz CT molecular complexity index is 1330. The van der Waals surface area contributed by atoms with Crippen LogP contribution in [0.4, 0.5) is 0 Å². The largest absolute Gasteiger partial charge is 0.383 e. The van der Waals surface area contributed by atoms with Gasteiger partial charge in [0.25, 0.3) is 0 Å². The highest BCUT2D eigenvalue weighted by Crippen LogP contribution is 2.19. The van der Waals surface area contributed by atoms with Crippen LogP contribution < -0.4 is 10.0 Å². The van der Waals surface area contributed by atoms with Crippen molar-refractivity contribution in [3.05, 3.63) is 101 Å². The van der Waals surface area contributed by atoms with Gasteiger partial charge in [0.05, 0.1) is 11.5 Å². The molecule has 0 aliphatic rings. The summed E-state index contributed by atoms with van der Waals surface area (Å²) in [6.45, 7) is 2.92. The standard InChI is InChI=1S/C30H36ClN3O5S/c1-3-33-40(37,38)27-16-11-23(12-17-27)13-18-29(35)34(22-25-9-14-26(31)15-10-25)28(30(36)32-19-20-39-2)21-24-7-5-4-6-8-24/h4-12,14-17,28,33H,3,13,18-22H2,1-2H3,(H,32,36). The summed E-state index contributed by atoms with van der Waals surface area (Å²) in [6, 6.07) is 22.5. The molecule has 0 fully saturated rings. The average Bonchev–Trinajstić information content (AvgIpc) is 2.95. The van der Waals surface area contributed by atoms with Crippen LogP contribution in [0.1, 0.15) is 30.0 Å². The second kappa shape index (κ2) is 15.5. The predicted molar refractivity (Wildman–Crippen MR) is 156 cm³/mol. The van der Waals surface area contributed by atoms with Crippen molar-refractivity contribution in [3.63, 3.8) is 0 Å². The van der Waals surface area contributed by atoms with Gasteiger partial charge in [0, 0.05) is 44.6 Å². The second-order valence-corrected chi connectivity index (χ2v) is 11.5. The predicted octanol–water partition coefficient (Wildman–Crippen LogP) is 3.97. The summed E-state index contributed by atoms with van der Waals surface area (Å²) in [7, 11) is -2.00. The molecule has 0 saturated heterocycles. The lowest BCUT2D eigenvalue weighted by atomic mass is 10.0. The van der Waals surface area contributed by atoms with E-state index in [1.54, 1.807) is 43.2 Å². The first kappa shape index (κ1) is 31.3. The lowest BCUT2D eigenvalue weighted by Crippen LogP contribution is -2.51. The molecule has 0 spiro atoms. The molecule has 1 unspecified atom stereocenters. The fourth-order valence-electron chi connectivity index (χ4n) is 4.24. The summed E-state index contributed by atoms with van der Waals surface area (Å²) in [6.07, 6.45) is 0.875. The molecule has 40 heavy (non-hydrogen) atoms. The van der Waals surface area contributed by atoms with Crippen molar-refractivity contribution in [2.45, 2.75) is 43.7 Å². The van der Waals surface area contributed by atoms with Gasteiger partial charge in [0.2, 0.25) is 21.8 Å². The first-order chi connectivity index (χ1) is 19.2. The number of rotatable bonds is 15. The highest BCUT2D eigenvalue weighted by Gasteiger charge is 2.30. The van der Waals surface area contributed by atoms with E-state index >= 15 is 0 Å². The Hall–Kier alpha value is -3.24. The summed E-state index contributed by atoms with van der Waals surface area (Å²) >= 11 is 6.08.